The van der Waals surface area contributed by atoms with Gasteiger partial charge in [0.05, 0.1) is 6.61 Å². The lowest BCUT2D eigenvalue weighted by Crippen LogP contribution is -2.18. The maximum absolute atomic E-state index is 6.18. The van der Waals surface area contributed by atoms with Crippen LogP contribution in [0.25, 0.3) is 0 Å². The maximum atomic E-state index is 6.18. The molecular weight excluding hydrogens is 334 g/mol. The summed E-state index contributed by atoms with van der Waals surface area (Å²) in [7, 11) is 0. The van der Waals surface area contributed by atoms with Crippen LogP contribution in [-0.2, 0) is 13.2 Å². The van der Waals surface area contributed by atoms with Gasteiger partial charge in [-0.2, -0.15) is 0 Å². The molecule has 3 aromatic rings. The van der Waals surface area contributed by atoms with Crippen LogP contribution in [-0.4, -0.2) is 6.61 Å². The number of ether oxygens (including phenoxy) is 2. The molecule has 0 aliphatic heterocycles. The third-order valence-electron chi connectivity index (χ3n) is 4.48. The Kier molecular flexibility index (Phi) is 6.89. The predicted molar refractivity (Wildman–Crippen MR) is 110 cm³/mol. The summed E-state index contributed by atoms with van der Waals surface area (Å²) in [6.07, 6.45) is 0. The highest BCUT2D eigenvalue weighted by Gasteiger charge is 2.13. The highest BCUT2D eigenvalue weighted by molar-refractivity contribution is 5.47. The zero-order valence-electron chi connectivity index (χ0n) is 16.0. The van der Waals surface area contributed by atoms with E-state index in [2.05, 4.69) is 54.7 Å². The number of rotatable bonds is 9. The van der Waals surface area contributed by atoms with Crippen molar-refractivity contribution >= 4 is 0 Å². The van der Waals surface area contributed by atoms with Gasteiger partial charge in [0.1, 0.15) is 6.61 Å². The van der Waals surface area contributed by atoms with Crippen LogP contribution in [0, 0.1) is 0 Å². The van der Waals surface area contributed by atoms with Crippen molar-refractivity contribution in [2.45, 2.75) is 33.0 Å². The number of nitrogens with one attached hydrogen (secondary N) is 1. The molecule has 3 nitrogen and oxygen atoms in total. The number of benzene rings is 3. The van der Waals surface area contributed by atoms with Gasteiger partial charge >= 0.3 is 0 Å². The Labute approximate surface area is 162 Å². The highest BCUT2D eigenvalue weighted by atomic mass is 16.5. The van der Waals surface area contributed by atoms with Crippen LogP contribution in [0.1, 0.15) is 36.6 Å². The fraction of sp³-hybridized carbons (Fsp3) is 0.250. The van der Waals surface area contributed by atoms with Gasteiger partial charge in [-0.05, 0) is 31.0 Å². The van der Waals surface area contributed by atoms with E-state index in [-0.39, 0.29) is 6.04 Å². The normalized spacial score (nSPS) is 11.8. The van der Waals surface area contributed by atoms with E-state index >= 15 is 0 Å². The van der Waals surface area contributed by atoms with Crippen molar-refractivity contribution in [2.75, 3.05) is 6.61 Å². The fourth-order valence-electron chi connectivity index (χ4n) is 2.99. The van der Waals surface area contributed by atoms with Crippen LogP contribution >= 0.6 is 0 Å². The Morgan fingerprint density at radius 2 is 1.52 bits per heavy atom. The summed E-state index contributed by atoms with van der Waals surface area (Å²) in [6, 6.07) is 27.0. The van der Waals surface area contributed by atoms with Gasteiger partial charge in [-0.15, -0.1) is 0 Å². The summed E-state index contributed by atoms with van der Waals surface area (Å²) in [5, 5.41) is 3.59. The molecule has 0 aromatic heterocycles. The van der Waals surface area contributed by atoms with Gasteiger partial charge in [0.25, 0.3) is 0 Å². The lowest BCUT2D eigenvalue weighted by atomic mass is 10.1. The zero-order chi connectivity index (χ0) is 18.9. The third kappa shape index (κ3) is 5.35. The first-order valence-electron chi connectivity index (χ1n) is 9.47. The molecule has 27 heavy (non-hydrogen) atoms. The molecule has 0 bridgehead atoms. The minimum absolute atomic E-state index is 0.254. The Morgan fingerprint density at radius 1 is 0.815 bits per heavy atom. The lowest BCUT2D eigenvalue weighted by Gasteiger charge is -2.19. The zero-order valence-corrected chi connectivity index (χ0v) is 16.0. The minimum Gasteiger partial charge on any atom is -0.490 e. The van der Waals surface area contributed by atoms with Gasteiger partial charge in [-0.25, -0.2) is 0 Å². The number of para-hydroxylation sites is 1. The Bertz CT molecular complexity index is 818. The van der Waals surface area contributed by atoms with E-state index in [0.717, 1.165) is 22.6 Å². The van der Waals surface area contributed by atoms with Gasteiger partial charge in [0, 0.05) is 18.2 Å². The Balaban J connectivity index is 1.74. The van der Waals surface area contributed by atoms with Gasteiger partial charge < -0.3 is 14.8 Å². The molecule has 3 heteroatoms. The molecular formula is C24H27NO2. The van der Waals surface area contributed by atoms with Gasteiger partial charge in [-0.3, -0.25) is 0 Å². The molecule has 3 aromatic carbocycles. The van der Waals surface area contributed by atoms with E-state index in [4.69, 9.17) is 9.47 Å². The lowest BCUT2D eigenvalue weighted by molar-refractivity contribution is 0.266. The second kappa shape index (κ2) is 9.79. The second-order valence-electron chi connectivity index (χ2n) is 6.46. The molecule has 0 aliphatic carbocycles. The van der Waals surface area contributed by atoms with E-state index in [1.165, 1.54) is 5.56 Å². The summed E-state index contributed by atoms with van der Waals surface area (Å²) < 4.78 is 12.0. The van der Waals surface area contributed by atoms with Crippen molar-refractivity contribution in [3.8, 4) is 11.5 Å². The third-order valence-corrected chi connectivity index (χ3v) is 4.48. The van der Waals surface area contributed by atoms with E-state index < -0.39 is 0 Å². The molecule has 0 unspecified atom stereocenters. The molecule has 0 saturated heterocycles. The second-order valence-corrected chi connectivity index (χ2v) is 6.46. The first-order valence-corrected chi connectivity index (χ1v) is 9.47. The molecule has 3 rings (SSSR count). The van der Waals surface area contributed by atoms with Crippen molar-refractivity contribution in [3.05, 3.63) is 95.6 Å². The molecule has 0 fully saturated rings. The van der Waals surface area contributed by atoms with Crippen LogP contribution in [0.5, 0.6) is 11.5 Å². The van der Waals surface area contributed by atoms with Crippen LogP contribution in [0.3, 0.4) is 0 Å². The summed E-state index contributed by atoms with van der Waals surface area (Å²) in [6.45, 7) is 6.00. The van der Waals surface area contributed by atoms with Gasteiger partial charge in [0.15, 0.2) is 11.5 Å². The number of hydrogen-bond donors (Lipinski definition) is 1. The van der Waals surface area contributed by atoms with E-state index in [0.29, 0.717) is 19.8 Å². The van der Waals surface area contributed by atoms with Crippen molar-refractivity contribution in [1.29, 1.82) is 0 Å². The SMILES string of the molecule is CCOc1cccc(CN[C@H](C)c2ccccc2)c1OCc1ccccc1. The van der Waals surface area contributed by atoms with E-state index in [1.54, 1.807) is 0 Å². The summed E-state index contributed by atoms with van der Waals surface area (Å²) in [4.78, 5) is 0. The molecule has 0 amide bonds. The van der Waals surface area contributed by atoms with Gasteiger partial charge in [-0.1, -0.05) is 72.8 Å². The fourth-order valence-corrected chi connectivity index (χ4v) is 2.99. The molecule has 0 saturated carbocycles. The maximum Gasteiger partial charge on any atom is 0.166 e. The average molecular weight is 361 g/mol. The Morgan fingerprint density at radius 3 is 2.22 bits per heavy atom. The predicted octanol–water partition coefficient (Wildman–Crippen LogP) is 5.52. The van der Waals surface area contributed by atoms with Crippen molar-refractivity contribution in [2.24, 2.45) is 0 Å². The molecule has 1 N–H and O–H groups in total. The molecule has 140 valence electrons. The summed E-state index contributed by atoms with van der Waals surface area (Å²) in [5.74, 6) is 1.61. The molecule has 0 heterocycles. The first-order chi connectivity index (χ1) is 13.3. The Hall–Kier alpha value is -2.78. The van der Waals surface area contributed by atoms with Crippen molar-refractivity contribution in [1.82, 2.24) is 5.32 Å². The molecule has 0 aliphatic rings. The standard InChI is InChI=1S/C24H27NO2/c1-3-26-23-16-10-15-22(17-25-19(2)21-13-8-5-9-14-21)24(23)27-18-20-11-6-4-7-12-20/h4-16,19,25H,3,17-18H2,1-2H3/t19-/m1/s1. The molecule has 0 spiro atoms. The number of hydrogen-bond acceptors (Lipinski definition) is 3. The topological polar surface area (TPSA) is 30.5 Å². The monoisotopic (exact) mass is 361 g/mol. The van der Waals surface area contributed by atoms with Crippen LogP contribution < -0.4 is 14.8 Å². The summed E-state index contributed by atoms with van der Waals surface area (Å²) in [5.41, 5.74) is 3.50. The average Bonchev–Trinajstić information content (AvgIpc) is 2.73. The van der Waals surface area contributed by atoms with Crippen LogP contribution in [0.4, 0.5) is 0 Å². The highest BCUT2D eigenvalue weighted by Crippen LogP contribution is 2.32. The molecule has 0 radical (unpaired) electrons. The smallest absolute Gasteiger partial charge is 0.166 e. The minimum atomic E-state index is 0.254. The quantitative estimate of drug-likeness (QED) is 0.545. The van der Waals surface area contributed by atoms with Crippen molar-refractivity contribution < 1.29 is 9.47 Å². The summed E-state index contributed by atoms with van der Waals surface area (Å²) >= 11 is 0. The largest absolute Gasteiger partial charge is 0.490 e. The molecule has 1 atom stereocenters. The van der Waals surface area contributed by atoms with E-state index in [9.17, 15) is 0 Å². The van der Waals surface area contributed by atoms with E-state index in [1.807, 2.05) is 43.3 Å². The van der Waals surface area contributed by atoms with Crippen LogP contribution in [0.2, 0.25) is 0 Å². The van der Waals surface area contributed by atoms with Crippen molar-refractivity contribution in [3.63, 3.8) is 0 Å². The van der Waals surface area contributed by atoms with Crippen LogP contribution in [0.15, 0.2) is 78.9 Å². The van der Waals surface area contributed by atoms with Gasteiger partial charge in [0.2, 0.25) is 0 Å². The first kappa shape index (κ1) is 19.0.